The van der Waals surface area contributed by atoms with Crippen molar-refractivity contribution in [3.05, 3.63) is 39.9 Å². The number of nitrogens with two attached hydrogens (primary N) is 3. The molecule has 0 saturated carbocycles. The molecule has 18 nitrogen and oxygen atoms in total. The number of benzene rings is 1. The van der Waals surface area contributed by atoms with Crippen LogP contribution in [0.4, 0.5) is 0 Å². The van der Waals surface area contributed by atoms with E-state index in [9.17, 15) is 34.4 Å². The van der Waals surface area contributed by atoms with Gasteiger partial charge in [0.25, 0.3) is 5.91 Å². The van der Waals surface area contributed by atoms with Crippen LogP contribution in [0, 0.1) is 16.0 Å². The average Bonchev–Trinajstić information content (AvgIpc) is 2.96. The van der Waals surface area contributed by atoms with Crippen molar-refractivity contribution >= 4 is 23.6 Å². The monoisotopic (exact) mass is 639 g/mol. The predicted octanol–water partition coefficient (Wildman–Crippen LogP) is -2.39. The fourth-order valence-corrected chi connectivity index (χ4v) is 4.16. The zero-order chi connectivity index (χ0) is 33.9. The maximum Gasteiger partial charge on any atom is 0.255 e. The average molecular weight is 640 g/mol. The van der Waals surface area contributed by atoms with Gasteiger partial charge in [0.05, 0.1) is 5.56 Å². The Bertz CT molecular complexity index is 1110. The molecule has 18 heteroatoms. The molecule has 45 heavy (non-hydrogen) atoms. The first-order valence-corrected chi connectivity index (χ1v) is 14.9. The molecule has 0 aliphatic heterocycles. The van der Waals surface area contributed by atoms with Gasteiger partial charge in [-0.05, 0) is 63.2 Å². The lowest BCUT2D eigenvalue weighted by Crippen LogP contribution is -2.58. The van der Waals surface area contributed by atoms with Crippen molar-refractivity contribution in [3.63, 3.8) is 0 Å². The lowest BCUT2D eigenvalue weighted by atomic mass is 10.0. The van der Waals surface area contributed by atoms with Crippen LogP contribution in [-0.2, 0) is 14.4 Å². The van der Waals surface area contributed by atoms with E-state index in [1.807, 2.05) is 12.3 Å². The van der Waals surface area contributed by atoms with Gasteiger partial charge in [-0.3, -0.25) is 35.5 Å². The molecule has 0 bridgehead atoms. The molecular weight excluding hydrogens is 590 g/mol. The van der Waals surface area contributed by atoms with Crippen LogP contribution in [0.3, 0.4) is 0 Å². The number of rotatable bonds is 22. The summed E-state index contributed by atoms with van der Waals surface area (Å²) >= 11 is 0. The normalized spacial score (nSPS) is 13.8. The van der Waals surface area contributed by atoms with Gasteiger partial charge in [0, 0.05) is 6.54 Å². The van der Waals surface area contributed by atoms with Crippen LogP contribution in [0.5, 0.6) is 5.75 Å². The number of aromatic hydroxyl groups is 1. The number of nitrogens with one attached hydrogen (secondary N) is 7. The molecular formula is C27H49N11O7. The Hall–Kier alpha value is -4.10. The van der Waals surface area contributed by atoms with E-state index in [2.05, 4.69) is 31.9 Å². The SMILES string of the molecule is CCCNC(=O)C(NC(=O)C(CCCNC(N)N[N+](=O)[O-])NC(=O)C(CCCNC(N)N)NC(=O)c1ccccc1O)C(C)C. The second-order valence-electron chi connectivity index (χ2n) is 10.7. The zero-order valence-corrected chi connectivity index (χ0v) is 26.0. The van der Waals surface area contributed by atoms with Crippen LogP contribution in [0.2, 0.25) is 0 Å². The maximum atomic E-state index is 13.6. The summed E-state index contributed by atoms with van der Waals surface area (Å²) in [4.78, 5) is 63.3. The number of carbonyl (C=O) groups is 4. The van der Waals surface area contributed by atoms with Crippen LogP contribution < -0.4 is 54.5 Å². The number of hydrogen-bond acceptors (Lipinski definition) is 12. The van der Waals surface area contributed by atoms with Crippen molar-refractivity contribution in [1.82, 2.24) is 37.3 Å². The molecule has 0 aliphatic carbocycles. The lowest BCUT2D eigenvalue weighted by molar-refractivity contribution is -0.552. The molecule has 14 N–H and O–H groups in total. The highest BCUT2D eigenvalue weighted by Crippen LogP contribution is 2.16. The minimum atomic E-state index is -1.15. The lowest BCUT2D eigenvalue weighted by Gasteiger charge is -2.27. The molecule has 0 heterocycles. The maximum absolute atomic E-state index is 13.6. The molecule has 1 aromatic rings. The summed E-state index contributed by atoms with van der Waals surface area (Å²) < 4.78 is 0. The summed E-state index contributed by atoms with van der Waals surface area (Å²) in [5.41, 5.74) is 18.4. The first-order valence-electron chi connectivity index (χ1n) is 14.9. The highest BCUT2D eigenvalue weighted by atomic mass is 16.7. The third-order valence-corrected chi connectivity index (χ3v) is 6.53. The van der Waals surface area contributed by atoms with E-state index in [0.717, 1.165) is 0 Å². The highest BCUT2D eigenvalue weighted by molar-refractivity contribution is 6.00. The number of nitro groups is 1. The van der Waals surface area contributed by atoms with E-state index in [1.54, 1.807) is 26.0 Å². The second kappa shape index (κ2) is 20.8. The molecule has 0 saturated heterocycles. The summed E-state index contributed by atoms with van der Waals surface area (Å²) in [6, 6.07) is 2.66. The van der Waals surface area contributed by atoms with Crippen molar-refractivity contribution in [2.24, 2.45) is 23.1 Å². The summed E-state index contributed by atoms with van der Waals surface area (Å²) in [5.74, 6) is -2.96. The number of amides is 4. The van der Waals surface area contributed by atoms with E-state index in [4.69, 9.17) is 17.2 Å². The van der Waals surface area contributed by atoms with Crippen LogP contribution in [0.25, 0.3) is 0 Å². The molecule has 0 aliphatic rings. The van der Waals surface area contributed by atoms with Gasteiger partial charge in [-0.25, -0.2) is 10.1 Å². The van der Waals surface area contributed by atoms with E-state index in [-0.39, 0.29) is 48.9 Å². The van der Waals surface area contributed by atoms with Crippen molar-refractivity contribution in [3.8, 4) is 5.75 Å². The quantitative estimate of drug-likeness (QED) is 0.0273. The van der Waals surface area contributed by atoms with E-state index >= 15 is 0 Å². The molecule has 4 unspecified atom stereocenters. The number of nitrogens with zero attached hydrogens (tertiary/aromatic N) is 1. The minimum Gasteiger partial charge on any atom is -0.507 e. The van der Waals surface area contributed by atoms with Crippen molar-refractivity contribution in [2.45, 2.75) is 83.6 Å². The largest absolute Gasteiger partial charge is 0.507 e. The Labute approximate surface area is 262 Å². The molecule has 4 atom stereocenters. The number of para-hydroxylation sites is 1. The summed E-state index contributed by atoms with van der Waals surface area (Å²) in [5, 5.41) is 36.2. The van der Waals surface area contributed by atoms with Gasteiger partial charge < -0.3 is 37.8 Å². The molecule has 1 rings (SSSR count). The first kappa shape index (κ1) is 38.9. The highest BCUT2D eigenvalue weighted by Gasteiger charge is 2.31. The van der Waals surface area contributed by atoms with E-state index in [1.165, 1.54) is 12.1 Å². The van der Waals surface area contributed by atoms with Crippen LogP contribution >= 0.6 is 0 Å². The van der Waals surface area contributed by atoms with Gasteiger partial charge in [0.1, 0.15) is 30.2 Å². The van der Waals surface area contributed by atoms with Crippen molar-refractivity contribution in [2.75, 3.05) is 19.6 Å². The number of hydrazine groups is 1. The molecule has 0 aromatic heterocycles. The zero-order valence-electron chi connectivity index (χ0n) is 26.0. The smallest absolute Gasteiger partial charge is 0.255 e. The van der Waals surface area contributed by atoms with Gasteiger partial charge in [0.2, 0.25) is 17.7 Å². The molecule has 254 valence electrons. The molecule has 4 amide bonds. The fraction of sp³-hybridized carbons (Fsp3) is 0.630. The third kappa shape index (κ3) is 15.5. The predicted molar refractivity (Wildman–Crippen MR) is 166 cm³/mol. The Balaban J connectivity index is 3.16. The Kier molecular flexibility index (Phi) is 18.0. The van der Waals surface area contributed by atoms with Crippen LogP contribution in [0.1, 0.15) is 63.2 Å². The first-order chi connectivity index (χ1) is 21.3. The summed E-state index contributed by atoms with van der Waals surface area (Å²) in [6.45, 7) is 6.32. The van der Waals surface area contributed by atoms with Crippen LogP contribution in [0.15, 0.2) is 24.3 Å². The Morgan fingerprint density at radius 2 is 1.44 bits per heavy atom. The molecule has 0 spiro atoms. The van der Waals surface area contributed by atoms with E-state index in [0.29, 0.717) is 25.9 Å². The topological polar surface area (TPSA) is 294 Å². The minimum absolute atomic E-state index is 0.0460. The summed E-state index contributed by atoms with van der Waals surface area (Å²) in [7, 11) is 0. The standard InChI is InChI=1S/C27H49N11O7/c1-4-13-31-25(43)21(16(2)3)36-24(42)19(11-8-15-33-27(30)37-38(44)45)35-23(41)18(10-7-14-32-26(28)29)34-22(40)17-9-5-6-12-20(17)39/h5-6,9,12,16,18-19,21,26-27,32-33,37,39H,4,7-8,10-11,13-15,28-30H2,1-3H3,(H,31,43)(H,34,40)(H,35,41)(H,36,42). The van der Waals surface area contributed by atoms with Crippen molar-refractivity contribution < 1.29 is 29.3 Å². The van der Waals surface area contributed by atoms with Crippen molar-refractivity contribution in [1.29, 1.82) is 0 Å². The Morgan fingerprint density at radius 1 is 0.867 bits per heavy atom. The molecule has 0 fully saturated rings. The van der Waals surface area contributed by atoms with Crippen LogP contribution in [-0.4, -0.2) is 84.1 Å². The van der Waals surface area contributed by atoms with Gasteiger partial charge in [-0.2, -0.15) is 0 Å². The van der Waals surface area contributed by atoms with Gasteiger partial charge in [-0.1, -0.05) is 32.9 Å². The number of phenolic OH excluding ortho intramolecular Hbond substituents is 1. The summed E-state index contributed by atoms with van der Waals surface area (Å²) in [6.07, 6.45) is -0.460. The Morgan fingerprint density at radius 3 is 2.00 bits per heavy atom. The van der Waals surface area contributed by atoms with Gasteiger partial charge >= 0.3 is 0 Å². The van der Waals surface area contributed by atoms with E-state index < -0.39 is 53.5 Å². The second-order valence-corrected chi connectivity index (χ2v) is 10.7. The number of carbonyl (C=O) groups excluding carboxylic acids is 4. The number of phenols is 1. The fourth-order valence-electron chi connectivity index (χ4n) is 4.16. The number of hydrogen-bond donors (Lipinski definition) is 11. The molecule has 1 aromatic carbocycles. The molecule has 0 radical (unpaired) electrons. The third-order valence-electron chi connectivity index (χ3n) is 6.53. The van der Waals surface area contributed by atoms with Gasteiger partial charge in [0.15, 0.2) is 11.3 Å². The van der Waals surface area contributed by atoms with Gasteiger partial charge in [-0.15, -0.1) is 5.43 Å².